The Balaban J connectivity index is 1.41. The van der Waals surface area contributed by atoms with Crippen LogP contribution < -0.4 is 9.64 Å². The number of ether oxygens (including phenoxy) is 2. The molecule has 2 saturated heterocycles. The van der Waals surface area contributed by atoms with E-state index in [1.54, 1.807) is 12.1 Å². The second-order valence-electron chi connectivity index (χ2n) is 15.2. The summed E-state index contributed by atoms with van der Waals surface area (Å²) in [6.07, 6.45) is 9.28. The number of rotatable bonds is 11. The van der Waals surface area contributed by atoms with E-state index in [0.717, 1.165) is 85.1 Å². The molecule has 7 nitrogen and oxygen atoms in total. The van der Waals surface area contributed by atoms with E-state index in [4.69, 9.17) is 14.5 Å². The standard InChI is InChI=1S/C40H52FN3O4/c1-28-34(37(38(45)46)48-39(2,3)4)36(44-24-20-40(21-25-44)18-8-19-40)35(33(42-28)27-43-22-6-5-7-23-43)30-11-15-32(16-12-30)47-26-17-29-9-13-31(41)14-10-29/h9-16,37H,5-8,17-27H2,1-4H3,(H,45,46)/t37-/m0/s1. The van der Waals surface area contributed by atoms with Gasteiger partial charge in [-0.05, 0) is 120 Å². The van der Waals surface area contributed by atoms with Crippen LogP contribution in [-0.2, 0) is 22.5 Å². The van der Waals surface area contributed by atoms with Crippen molar-refractivity contribution in [2.24, 2.45) is 5.41 Å². The van der Waals surface area contributed by atoms with Crippen LogP contribution >= 0.6 is 0 Å². The quantitative estimate of drug-likeness (QED) is 0.222. The number of carboxylic acids is 1. The Kier molecular flexibility index (Phi) is 10.4. The van der Waals surface area contributed by atoms with Crippen LogP contribution in [0, 0.1) is 18.2 Å². The largest absolute Gasteiger partial charge is 0.493 e. The Morgan fingerprint density at radius 1 is 0.938 bits per heavy atom. The van der Waals surface area contributed by atoms with Crippen molar-refractivity contribution in [3.8, 4) is 16.9 Å². The van der Waals surface area contributed by atoms with Gasteiger partial charge in [0.1, 0.15) is 11.6 Å². The zero-order valence-electron chi connectivity index (χ0n) is 29.2. The average molecular weight is 658 g/mol. The minimum Gasteiger partial charge on any atom is -0.493 e. The number of anilines is 1. The van der Waals surface area contributed by atoms with Gasteiger partial charge in [-0.1, -0.05) is 37.1 Å². The number of carboxylic acid groups (broad SMARTS) is 1. The third-order valence-electron chi connectivity index (χ3n) is 10.5. The van der Waals surface area contributed by atoms with Gasteiger partial charge >= 0.3 is 5.97 Å². The highest BCUT2D eigenvalue weighted by atomic mass is 19.1. The highest BCUT2D eigenvalue weighted by Gasteiger charge is 2.42. The summed E-state index contributed by atoms with van der Waals surface area (Å²) >= 11 is 0. The van der Waals surface area contributed by atoms with Gasteiger partial charge in [-0.15, -0.1) is 0 Å². The first-order valence-electron chi connectivity index (χ1n) is 17.9. The van der Waals surface area contributed by atoms with Crippen LogP contribution in [0.15, 0.2) is 48.5 Å². The van der Waals surface area contributed by atoms with Crippen LogP contribution in [0.2, 0.25) is 0 Å². The van der Waals surface area contributed by atoms with Crippen molar-refractivity contribution >= 4 is 11.7 Å². The maximum absolute atomic E-state index is 13.3. The molecule has 2 aliphatic heterocycles. The Hall–Kier alpha value is -3.49. The maximum atomic E-state index is 13.3. The summed E-state index contributed by atoms with van der Waals surface area (Å²) in [5, 5.41) is 10.7. The van der Waals surface area contributed by atoms with Gasteiger partial charge < -0.3 is 19.5 Å². The molecule has 0 amide bonds. The predicted octanol–water partition coefficient (Wildman–Crippen LogP) is 8.51. The summed E-state index contributed by atoms with van der Waals surface area (Å²) < 4.78 is 25.8. The number of piperidine rings is 2. The molecule has 48 heavy (non-hydrogen) atoms. The first kappa shape index (κ1) is 34.4. The maximum Gasteiger partial charge on any atom is 0.337 e. The van der Waals surface area contributed by atoms with Crippen molar-refractivity contribution in [1.82, 2.24) is 9.88 Å². The molecule has 1 spiro atoms. The van der Waals surface area contributed by atoms with Gasteiger partial charge in [0, 0.05) is 42.9 Å². The molecule has 3 aromatic rings. The average Bonchev–Trinajstić information content (AvgIpc) is 3.04. The lowest BCUT2D eigenvalue weighted by Gasteiger charge is -2.49. The molecule has 6 rings (SSSR count). The zero-order chi connectivity index (χ0) is 33.9. The van der Waals surface area contributed by atoms with Gasteiger partial charge in [0.25, 0.3) is 0 Å². The van der Waals surface area contributed by atoms with E-state index in [1.807, 2.05) is 39.8 Å². The normalized spacial score (nSPS) is 18.8. The first-order chi connectivity index (χ1) is 23.0. The molecule has 1 saturated carbocycles. The number of aliphatic carboxylic acids is 1. The Morgan fingerprint density at radius 2 is 1.60 bits per heavy atom. The van der Waals surface area contributed by atoms with Crippen molar-refractivity contribution in [1.29, 1.82) is 0 Å². The number of hydrogen-bond acceptors (Lipinski definition) is 6. The van der Waals surface area contributed by atoms with Crippen molar-refractivity contribution < 1.29 is 23.8 Å². The van der Waals surface area contributed by atoms with E-state index in [2.05, 4.69) is 21.9 Å². The second-order valence-corrected chi connectivity index (χ2v) is 15.2. The van der Waals surface area contributed by atoms with E-state index in [1.165, 1.54) is 50.7 Å². The topological polar surface area (TPSA) is 75.1 Å². The number of halogens is 1. The van der Waals surface area contributed by atoms with Gasteiger partial charge in [0.05, 0.1) is 23.6 Å². The zero-order valence-corrected chi connectivity index (χ0v) is 29.2. The number of carbonyl (C=O) groups is 1. The summed E-state index contributed by atoms with van der Waals surface area (Å²) in [7, 11) is 0. The number of aromatic nitrogens is 1. The predicted molar refractivity (Wildman–Crippen MR) is 188 cm³/mol. The van der Waals surface area contributed by atoms with Crippen molar-refractivity contribution in [2.45, 2.75) is 104 Å². The third kappa shape index (κ3) is 8.03. The van der Waals surface area contributed by atoms with Gasteiger partial charge in [-0.3, -0.25) is 9.88 Å². The molecule has 1 N–H and O–H groups in total. The van der Waals surface area contributed by atoms with Crippen molar-refractivity contribution in [3.63, 3.8) is 0 Å². The van der Waals surface area contributed by atoms with Crippen molar-refractivity contribution in [3.05, 3.63) is 76.9 Å². The minimum atomic E-state index is -1.15. The van der Waals surface area contributed by atoms with E-state index < -0.39 is 17.7 Å². The molecular weight excluding hydrogens is 605 g/mol. The Morgan fingerprint density at radius 3 is 2.19 bits per heavy atom. The van der Waals surface area contributed by atoms with Crippen molar-refractivity contribution in [2.75, 3.05) is 37.7 Å². The first-order valence-corrected chi connectivity index (χ1v) is 17.9. The van der Waals surface area contributed by atoms with E-state index >= 15 is 0 Å². The Labute approximate surface area is 285 Å². The van der Waals surface area contributed by atoms with Crippen LogP contribution in [0.1, 0.15) is 101 Å². The molecule has 3 heterocycles. The van der Waals surface area contributed by atoms with Crippen LogP contribution in [0.5, 0.6) is 5.75 Å². The lowest BCUT2D eigenvalue weighted by molar-refractivity contribution is -0.160. The summed E-state index contributed by atoms with van der Waals surface area (Å²) in [4.78, 5) is 23.2. The summed E-state index contributed by atoms with van der Waals surface area (Å²) in [5.41, 5.74) is 6.15. The molecule has 3 aliphatic rings. The number of nitrogens with zero attached hydrogens (tertiary/aromatic N) is 3. The minimum absolute atomic E-state index is 0.241. The van der Waals surface area contributed by atoms with Crippen LogP contribution in [0.4, 0.5) is 10.1 Å². The molecule has 258 valence electrons. The molecule has 8 heteroatoms. The fourth-order valence-corrected chi connectivity index (χ4v) is 7.77. The lowest BCUT2D eigenvalue weighted by Crippen LogP contribution is -2.44. The third-order valence-corrected chi connectivity index (χ3v) is 10.5. The van der Waals surface area contributed by atoms with E-state index in [0.29, 0.717) is 24.0 Å². The summed E-state index contributed by atoms with van der Waals surface area (Å²) in [5.74, 6) is -0.484. The molecule has 2 aromatic carbocycles. The fourth-order valence-electron chi connectivity index (χ4n) is 7.77. The Bertz CT molecular complexity index is 1550. The van der Waals surface area contributed by atoms with Crippen LogP contribution in [0.25, 0.3) is 11.1 Å². The fraction of sp³-hybridized carbons (Fsp3) is 0.550. The monoisotopic (exact) mass is 657 g/mol. The van der Waals surface area contributed by atoms with E-state index in [-0.39, 0.29) is 5.82 Å². The number of likely N-dealkylation sites (tertiary alicyclic amines) is 1. The summed E-state index contributed by atoms with van der Waals surface area (Å²) in [6.45, 7) is 12.7. The molecule has 1 atom stereocenters. The second kappa shape index (κ2) is 14.6. The molecule has 0 bridgehead atoms. The number of pyridine rings is 1. The van der Waals surface area contributed by atoms with Gasteiger partial charge in [0.2, 0.25) is 0 Å². The molecule has 0 radical (unpaired) electrons. The van der Waals surface area contributed by atoms with Crippen LogP contribution in [-0.4, -0.2) is 59.3 Å². The highest BCUT2D eigenvalue weighted by Crippen LogP contribution is 2.51. The number of aryl methyl sites for hydroxylation is 1. The molecular formula is C40H52FN3O4. The van der Waals surface area contributed by atoms with Gasteiger partial charge in [-0.25, -0.2) is 9.18 Å². The number of benzene rings is 2. The molecule has 3 fully saturated rings. The highest BCUT2D eigenvalue weighted by molar-refractivity contribution is 5.88. The van der Waals surface area contributed by atoms with E-state index in [9.17, 15) is 14.3 Å². The van der Waals surface area contributed by atoms with Gasteiger partial charge in [0.15, 0.2) is 6.10 Å². The lowest BCUT2D eigenvalue weighted by atomic mass is 9.63. The number of hydrogen-bond donors (Lipinski definition) is 1. The van der Waals surface area contributed by atoms with Crippen LogP contribution in [0.3, 0.4) is 0 Å². The SMILES string of the molecule is Cc1nc(CN2CCCCC2)c(-c2ccc(OCCc3ccc(F)cc3)cc2)c(N2CCC3(CCC3)CC2)c1[C@H](OC(C)(C)C)C(=O)O. The molecule has 1 aromatic heterocycles. The molecule has 1 aliphatic carbocycles. The smallest absolute Gasteiger partial charge is 0.337 e. The molecule has 0 unspecified atom stereocenters. The van der Waals surface area contributed by atoms with Gasteiger partial charge in [-0.2, -0.15) is 0 Å². The summed E-state index contributed by atoms with van der Waals surface area (Å²) in [6, 6.07) is 14.7.